The van der Waals surface area contributed by atoms with E-state index in [0.717, 1.165) is 27.8 Å². The van der Waals surface area contributed by atoms with Gasteiger partial charge < -0.3 is 14.6 Å². The number of aliphatic hydroxyl groups excluding tert-OH is 1. The number of rotatable bonds is 9. The van der Waals surface area contributed by atoms with Crippen LogP contribution in [0.15, 0.2) is 78.9 Å². The molecule has 182 valence electrons. The molecule has 0 atom stereocenters. The van der Waals surface area contributed by atoms with Crippen molar-refractivity contribution in [3.8, 4) is 28.0 Å². The van der Waals surface area contributed by atoms with Crippen LogP contribution < -0.4 is 4.74 Å². The summed E-state index contributed by atoms with van der Waals surface area (Å²) in [7, 11) is 0. The van der Waals surface area contributed by atoms with E-state index in [9.17, 15) is 4.79 Å². The maximum atomic E-state index is 12.1. The minimum absolute atomic E-state index is 0.0247. The number of ether oxygens (including phenoxy) is 2. The lowest BCUT2D eigenvalue weighted by molar-refractivity contribution is -0.140. The van der Waals surface area contributed by atoms with E-state index in [1.54, 1.807) is 6.92 Å². The van der Waals surface area contributed by atoms with E-state index in [0.29, 0.717) is 17.2 Å². The van der Waals surface area contributed by atoms with Crippen molar-refractivity contribution in [2.45, 2.75) is 51.6 Å². The second-order valence-corrected chi connectivity index (χ2v) is 9.28. The van der Waals surface area contributed by atoms with Gasteiger partial charge in [-0.15, -0.1) is 0 Å². The van der Waals surface area contributed by atoms with E-state index in [1.165, 1.54) is 37.7 Å². The molecule has 1 aliphatic carbocycles. The van der Waals surface area contributed by atoms with Gasteiger partial charge in [0.15, 0.2) is 0 Å². The molecule has 4 rings (SSSR count). The van der Waals surface area contributed by atoms with Gasteiger partial charge in [0.1, 0.15) is 19.0 Å². The third-order valence-electron chi connectivity index (χ3n) is 6.66. The summed E-state index contributed by atoms with van der Waals surface area (Å²) in [6.45, 7) is 5.74. The second-order valence-electron chi connectivity index (χ2n) is 9.28. The Bertz CT molecular complexity index is 1140. The van der Waals surface area contributed by atoms with Crippen LogP contribution in [0.25, 0.3) is 22.3 Å². The summed E-state index contributed by atoms with van der Waals surface area (Å²) in [6, 6.07) is 23.0. The Morgan fingerprint density at radius 1 is 0.914 bits per heavy atom. The zero-order chi connectivity index (χ0) is 24.6. The molecule has 0 amide bonds. The summed E-state index contributed by atoms with van der Waals surface area (Å²) < 4.78 is 11.0. The molecule has 3 aromatic rings. The lowest BCUT2D eigenvalue weighted by Gasteiger charge is -2.22. The summed E-state index contributed by atoms with van der Waals surface area (Å²) >= 11 is 0. The van der Waals surface area contributed by atoms with Crippen LogP contribution in [0.3, 0.4) is 0 Å². The van der Waals surface area contributed by atoms with Crippen LogP contribution in [0.1, 0.15) is 56.1 Å². The summed E-state index contributed by atoms with van der Waals surface area (Å²) in [6.07, 6.45) is 6.59. The topological polar surface area (TPSA) is 55.8 Å². The first-order valence-electron chi connectivity index (χ1n) is 12.4. The van der Waals surface area contributed by atoms with E-state index < -0.39 is 5.97 Å². The number of esters is 1. The van der Waals surface area contributed by atoms with E-state index in [1.807, 2.05) is 24.3 Å². The zero-order valence-electron chi connectivity index (χ0n) is 20.5. The fourth-order valence-electron chi connectivity index (χ4n) is 4.72. The van der Waals surface area contributed by atoms with E-state index >= 15 is 0 Å². The van der Waals surface area contributed by atoms with Gasteiger partial charge in [0, 0.05) is 5.57 Å². The van der Waals surface area contributed by atoms with E-state index in [4.69, 9.17) is 14.6 Å². The molecule has 1 aliphatic rings. The van der Waals surface area contributed by atoms with Gasteiger partial charge in [0.25, 0.3) is 0 Å². The molecule has 0 radical (unpaired) electrons. The number of hydrogen-bond acceptors (Lipinski definition) is 4. The Morgan fingerprint density at radius 2 is 1.57 bits per heavy atom. The smallest absolute Gasteiger partial charge is 0.333 e. The fourth-order valence-corrected chi connectivity index (χ4v) is 4.72. The summed E-state index contributed by atoms with van der Waals surface area (Å²) in [5.41, 5.74) is 6.98. The van der Waals surface area contributed by atoms with Gasteiger partial charge in [-0.2, -0.15) is 0 Å². The average Bonchev–Trinajstić information content (AvgIpc) is 2.91. The summed E-state index contributed by atoms with van der Waals surface area (Å²) in [4.78, 5) is 12.1. The number of aliphatic hydroxyl groups is 1. The van der Waals surface area contributed by atoms with Crippen LogP contribution >= 0.6 is 0 Å². The van der Waals surface area contributed by atoms with Gasteiger partial charge in [0.2, 0.25) is 0 Å². The number of carbonyl (C=O) groups excluding carboxylic acids is 1. The fraction of sp³-hybridized carbons (Fsp3) is 0.323. The molecule has 0 aromatic heterocycles. The molecule has 1 saturated carbocycles. The van der Waals surface area contributed by atoms with Gasteiger partial charge in [-0.25, -0.2) is 4.79 Å². The Balaban J connectivity index is 1.61. The van der Waals surface area contributed by atoms with Crippen LogP contribution in [0.2, 0.25) is 0 Å². The van der Waals surface area contributed by atoms with Crippen molar-refractivity contribution in [1.82, 2.24) is 0 Å². The molecule has 0 saturated heterocycles. The Kier molecular flexibility index (Phi) is 8.38. The Hall–Kier alpha value is -3.37. The molecule has 0 bridgehead atoms. The standard InChI is InChI=1S/C31H34O4/c1-22(2)31(33)35-21-28-20-27(25-10-8-24(9-11-25)23-6-4-3-5-7-23)14-17-30(28)26-12-15-29(16-13-26)34-19-18-32/h8-17,20,23,32H,1,3-7,18-19,21H2,2H3. The highest BCUT2D eigenvalue weighted by atomic mass is 16.5. The normalized spacial score (nSPS) is 13.9. The molecule has 35 heavy (non-hydrogen) atoms. The zero-order valence-corrected chi connectivity index (χ0v) is 20.5. The van der Waals surface area contributed by atoms with Crippen LogP contribution in [0.5, 0.6) is 5.75 Å². The number of benzene rings is 3. The third kappa shape index (κ3) is 6.40. The quantitative estimate of drug-likeness (QED) is 0.269. The van der Waals surface area contributed by atoms with E-state index in [-0.39, 0.29) is 19.8 Å². The lowest BCUT2D eigenvalue weighted by Crippen LogP contribution is -2.06. The van der Waals surface area contributed by atoms with Crippen LogP contribution in [0, 0.1) is 0 Å². The number of carbonyl (C=O) groups is 1. The molecular weight excluding hydrogens is 436 g/mol. The van der Waals surface area contributed by atoms with Crippen molar-refractivity contribution >= 4 is 5.97 Å². The van der Waals surface area contributed by atoms with Crippen molar-refractivity contribution < 1.29 is 19.4 Å². The first-order chi connectivity index (χ1) is 17.0. The molecule has 0 aliphatic heterocycles. The van der Waals surface area contributed by atoms with Crippen molar-refractivity contribution in [3.63, 3.8) is 0 Å². The first-order valence-corrected chi connectivity index (χ1v) is 12.4. The van der Waals surface area contributed by atoms with Crippen LogP contribution in [-0.4, -0.2) is 24.3 Å². The lowest BCUT2D eigenvalue weighted by atomic mass is 9.83. The second kappa shape index (κ2) is 11.9. The van der Waals surface area contributed by atoms with Crippen molar-refractivity contribution in [1.29, 1.82) is 0 Å². The van der Waals surface area contributed by atoms with Gasteiger partial charge in [-0.05, 0) is 77.3 Å². The molecule has 0 heterocycles. The van der Waals surface area contributed by atoms with Gasteiger partial charge in [-0.1, -0.05) is 74.4 Å². The summed E-state index contributed by atoms with van der Waals surface area (Å²) in [5, 5.41) is 8.97. The molecular formula is C31H34O4. The predicted octanol–water partition coefficient (Wildman–Crippen LogP) is 7.06. The van der Waals surface area contributed by atoms with Gasteiger partial charge >= 0.3 is 5.97 Å². The molecule has 1 fully saturated rings. The highest BCUT2D eigenvalue weighted by Crippen LogP contribution is 2.35. The van der Waals surface area contributed by atoms with Gasteiger partial charge in [-0.3, -0.25) is 0 Å². The van der Waals surface area contributed by atoms with Crippen LogP contribution in [-0.2, 0) is 16.1 Å². The SMILES string of the molecule is C=C(C)C(=O)OCc1cc(-c2ccc(C3CCCCC3)cc2)ccc1-c1ccc(OCCO)cc1. The highest BCUT2D eigenvalue weighted by Gasteiger charge is 2.16. The van der Waals surface area contributed by atoms with Gasteiger partial charge in [0.05, 0.1) is 6.61 Å². The molecule has 1 N–H and O–H groups in total. The minimum Gasteiger partial charge on any atom is -0.491 e. The number of hydrogen-bond donors (Lipinski definition) is 1. The molecule has 0 spiro atoms. The molecule has 0 unspecified atom stereocenters. The maximum absolute atomic E-state index is 12.1. The maximum Gasteiger partial charge on any atom is 0.333 e. The monoisotopic (exact) mass is 470 g/mol. The van der Waals surface area contributed by atoms with Crippen molar-refractivity contribution in [2.24, 2.45) is 0 Å². The molecule has 4 nitrogen and oxygen atoms in total. The van der Waals surface area contributed by atoms with E-state index in [2.05, 4.69) is 49.0 Å². The minimum atomic E-state index is -0.397. The Labute approximate surface area is 208 Å². The largest absolute Gasteiger partial charge is 0.491 e. The first kappa shape index (κ1) is 24.7. The third-order valence-corrected chi connectivity index (χ3v) is 6.66. The van der Waals surface area contributed by atoms with Crippen molar-refractivity contribution in [3.05, 3.63) is 90.0 Å². The molecule has 4 heteroatoms. The highest BCUT2D eigenvalue weighted by molar-refractivity contribution is 5.87. The van der Waals surface area contributed by atoms with Crippen LogP contribution in [0.4, 0.5) is 0 Å². The predicted molar refractivity (Wildman–Crippen MR) is 140 cm³/mol. The van der Waals surface area contributed by atoms with Crippen molar-refractivity contribution in [2.75, 3.05) is 13.2 Å². The Morgan fingerprint density at radius 3 is 2.23 bits per heavy atom. The summed E-state index contributed by atoms with van der Waals surface area (Å²) in [5.74, 6) is 0.986. The molecule has 3 aromatic carbocycles. The average molecular weight is 471 g/mol.